The predicted molar refractivity (Wildman–Crippen MR) is 82.0 cm³/mol. The third-order valence-electron chi connectivity index (χ3n) is 4.41. The van der Waals surface area contributed by atoms with Crippen LogP contribution < -0.4 is 5.32 Å². The fourth-order valence-electron chi connectivity index (χ4n) is 2.82. The fraction of sp³-hybridized carbons (Fsp3) is 0.933. The first kappa shape index (κ1) is 16.1. The van der Waals surface area contributed by atoms with Gasteiger partial charge in [-0.25, -0.2) is 0 Å². The van der Waals surface area contributed by atoms with Crippen molar-refractivity contribution in [3.63, 3.8) is 0 Å². The number of hydrogen-bond acceptors (Lipinski definition) is 5. The van der Waals surface area contributed by atoms with E-state index < -0.39 is 0 Å². The van der Waals surface area contributed by atoms with Crippen LogP contribution in [-0.4, -0.2) is 50.4 Å². The first-order valence-corrected chi connectivity index (χ1v) is 8.80. The Balaban J connectivity index is 1.71. The highest BCUT2D eigenvalue weighted by molar-refractivity contribution is 7.99. The summed E-state index contributed by atoms with van der Waals surface area (Å²) < 4.78 is 10.3. The lowest BCUT2D eigenvalue weighted by atomic mass is 10.0. The maximum atomic E-state index is 11.4. The number of carbonyl (C=O) groups excluding carboxylic acids is 1. The molecule has 5 heteroatoms. The molecule has 2 rings (SSSR count). The van der Waals surface area contributed by atoms with Crippen molar-refractivity contribution in [1.29, 1.82) is 0 Å². The smallest absolute Gasteiger partial charge is 0.306 e. The molecule has 0 aromatic heterocycles. The van der Waals surface area contributed by atoms with E-state index >= 15 is 0 Å². The number of rotatable bonds is 9. The molecule has 2 aliphatic rings. The lowest BCUT2D eigenvalue weighted by Crippen LogP contribution is -2.38. The normalized spacial score (nSPS) is 25.4. The molecule has 0 bridgehead atoms. The Bertz CT molecular complexity index is 314. The highest BCUT2D eigenvalue weighted by atomic mass is 32.2. The molecular weight excluding hydrogens is 274 g/mol. The second kappa shape index (κ2) is 7.66. The minimum absolute atomic E-state index is 0.0597. The summed E-state index contributed by atoms with van der Waals surface area (Å²) in [6, 6.07) is 0.543. The molecule has 20 heavy (non-hydrogen) atoms. The molecule has 1 saturated heterocycles. The summed E-state index contributed by atoms with van der Waals surface area (Å²) in [7, 11) is 1.48. The maximum Gasteiger partial charge on any atom is 0.306 e. The van der Waals surface area contributed by atoms with Gasteiger partial charge in [0.25, 0.3) is 0 Å². The monoisotopic (exact) mass is 301 g/mol. The first-order valence-electron chi connectivity index (χ1n) is 7.65. The molecule has 1 heterocycles. The molecule has 0 radical (unpaired) electrons. The summed E-state index contributed by atoms with van der Waals surface area (Å²) in [5, 5.41) is 3.59. The first-order chi connectivity index (χ1) is 9.69. The molecule has 1 N–H and O–H groups in total. The molecule has 1 saturated carbocycles. The Labute approximate surface area is 126 Å². The van der Waals surface area contributed by atoms with Crippen LogP contribution in [-0.2, 0) is 14.3 Å². The lowest BCUT2D eigenvalue weighted by molar-refractivity contribution is -0.141. The lowest BCUT2D eigenvalue weighted by Gasteiger charge is -2.24. The summed E-state index contributed by atoms with van der Waals surface area (Å²) in [6.45, 7) is 4.97. The van der Waals surface area contributed by atoms with Crippen molar-refractivity contribution in [3.8, 4) is 0 Å². The Morgan fingerprint density at radius 2 is 2.35 bits per heavy atom. The summed E-state index contributed by atoms with van der Waals surface area (Å²) in [5.41, 5.74) is 0.237. The van der Waals surface area contributed by atoms with E-state index in [-0.39, 0.29) is 11.4 Å². The molecule has 1 aliphatic carbocycles. The molecule has 2 fully saturated rings. The van der Waals surface area contributed by atoms with E-state index in [2.05, 4.69) is 12.2 Å². The summed E-state index contributed by atoms with van der Waals surface area (Å²) in [6.07, 6.45) is 4.11. The number of hydrogen-bond donors (Lipinski definition) is 1. The molecule has 0 aromatic rings. The quantitative estimate of drug-likeness (QED) is 0.661. The molecule has 0 aromatic carbocycles. The zero-order valence-electron chi connectivity index (χ0n) is 12.7. The van der Waals surface area contributed by atoms with Gasteiger partial charge in [0, 0.05) is 24.3 Å². The van der Waals surface area contributed by atoms with Crippen molar-refractivity contribution < 1.29 is 14.3 Å². The maximum absolute atomic E-state index is 11.4. The fourth-order valence-corrected chi connectivity index (χ4v) is 4.41. The van der Waals surface area contributed by atoms with Crippen molar-refractivity contribution >= 4 is 17.7 Å². The standard InChI is InChI=1S/C15H27NO3S/c1-3-16-13(12-4-7-19-9-12)10-20-11-15(5-6-15)8-14(17)18-2/h12-13,16H,3-11H2,1-2H3. The number of ether oxygens (including phenoxy) is 2. The van der Waals surface area contributed by atoms with Crippen LogP contribution in [0.15, 0.2) is 0 Å². The van der Waals surface area contributed by atoms with Gasteiger partial charge < -0.3 is 14.8 Å². The zero-order valence-corrected chi connectivity index (χ0v) is 13.5. The number of thioether (sulfide) groups is 1. The topological polar surface area (TPSA) is 47.6 Å². The molecule has 0 amide bonds. The van der Waals surface area contributed by atoms with Gasteiger partial charge in [0.15, 0.2) is 0 Å². The van der Waals surface area contributed by atoms with Crippen molar-refractivity contribution in [2.24, 2.45) is 11.3 Å². The van der Waals surface area contributed by atoms with E-state index in [9.17, 15) is 4.79 Å². The van der Waals surface area contributed by atoms with Gasteiger partial charge in [0.05, 0.1) is 20.1 Å². The van der Waals surface area contributed by atoms with Gasteiger partial charge in [-0.15, -0.1) is 0 Å². The minimum Gasteiger partial charge on any atom is -0.469 e. The van der Waals surface area contributed by atoms with E-state index in [1.54, 1.807) is 0 Å². The van der Waals surface area contributed by atoms with E-state index in [1.807, 2.05) is 11.8 Å². The Hall–Kier alpha value is -0.260. The number of carbonyl (C=O) groups is 1. The van der Waals surface area contributed by atoms with Crippen LogP contribution in [0.5, 0.6) is 0 Å². The van der Waals surface area contributed by atoms with Crippen LogP contribution in [0.2, 0.25) is 0 Å². The SMILES string of the molecule is CCNC(CSCC1(CC(=O)OC)CC1)C1CCOC1. The largest absolute Gasteiger partial charge is 0.469 e. The van der Waals surface area contributed by atoms with Crippen molar-refractivity contribution in [2.45, 2.75) is 38.6 Å². The molecule has 0 spiro atoms. The Kier molecular flexibility index (Phi) is 6.18. The van der Waals surface area contributed by atoms with Crippen LogP contribution in [0.3, 0.4) is 0 Å². The predicted octanol–water partition coefficient (Wildman–Crippen LogP) is 2.08. The van der Waals surface area contributed by atoms with Gasteiger partial charge in [0.2, 0.25) is 0 Å². The second-order valence-corrected chi connectivity index (χ2v) is 7.09. The molecule has 116 valence electrons. The van der Waals surface area contributed by atoms with Crippen LogP contribution in [0.25, 0.3) is 0 Å². The number of methoxy groups -OCH3 is 1. The van der Waals surface area contributed by atoms with E-state index in [0.29, 0.717) is 18.4 Å². The van der Waals surface area contributed by atoms with E-state index in [1.165, 1.54) is 26.4 Å². The van der Waals surface area contributed by atoms with Gasteiger partial charge >= 0.3 is 5.97 Å². The number of nitrogens with one attached hydrogen (secondary N) is 1. The van der Waals surface area contributed by atoms with Gasteiger partial charge in [-0.05, 0) is 37.0 Å². The van der Waals surface area contributed by atoms with Crippen LogP contribution in [0.4, 0.5) is 0 Å². The van der Waals surface area contributed by atoms with Gasteiger partial charge in [0.1, 0.15) is 0 Å². The summed E-state index contributed by atoms with van der Waals surface area (Å²) >= 11 is 1.98. The Morgan fingerprint density at radius 1 is 1.55 bits per heavy atom. The van der Waals surface area contributed by atoms with Crippen molar-refractivity contribution in [2.75, 3.05) is 38.4 Å². The van der Waals surface area contributed by atoms with E-state index in [4.69, 9.17) is 9.47 Å². The van der Waals surface area contributed by atoms with Gasteiger partial charge in [-0.2, -0.15) is 11.8 Å². The van der Waals surface area contributed by atoms with Crippen molar-refractivity contribution in [1.82, 2.24) is 5.32 Å². The Morgan fingerprint density at radius 3 is 2.90 bits per heavy atom. The van der Waals surface area contributed by atoms with Crippen LogP contribution in [0.1, 0.15) is 32.6 Å². The average molecular weight is 301 g/mol. The van der Waals surface area contributed by atoms with Gasteiger partial charge in [-0.3, -0.25) is 4.79 Å². The highest BCUT2D eigenvalue weighted by Gasteiger charge is 2.44. The molecule has 4 nitrogen and oxygen atoms in total. The molecule has 2 atom stereocenters. The van der Waals surface area contributed by atoms with Crippen LogP contribution >= 0.6 is 11.8 Å². The van der Waals surface area contributed by atoms with Gasteiger partial charge in [-0.1, -0.05) is 6.92 Å². The number of esters is 1. The average Bonchev–Trinajstić information content (AvgIpc) is 2.99. The summed E-state index contributed by atoms with van der Waals surface area (Å²) in [4.78, 5) is 11.4. The summed E-state index contributed by atoms with van der Waals surface area (Å²) in [5.74, 6) is 2.79. The van der Waals surface area contributed by atoms with E-state index in [0.717, 1.165) is 31.3 Å². The third-order valence-corrected chi connectivity index (χ3v) is 5.82. The molecule has 1 aliphatic heterocycles. The van der Waals surface area contributed by atoms with Crippen molar-refractivity contribution in [3.05, 3.63) is 0 Å². The zero-order chi connectivity index (χ0) is 14.4. The molecular formula is C15H27NO3S. The molecule has 2 unspecified atom stereocenters. The van der Waals surface area contributed by atoms with Crippen LogP contribution in [0, 0.1) is 11.3 Å². The second-order valence-electron chi connectivity index (χ2n) is 6.06. The highest BCUT2D eigenvalue weighted by Crippen LogP contribution is 2.51. The third kappa shape index (κ3) is 4.64. The minimum atomic E-state index is -0.0597.